The van der Waals surface area contributed by atoms with Gasteiger partial charge in [0.05, 0.1) is 0 Å². The molecule has 0 aromatic heterocycles. The Kier molecular flexibility index (Phi) is 3270. The van der Waals surface area contributed by atoms with Gasteiger partial charge in [0.2, 0.25) is 0 Å². The van der Waals surface area contributed by atoms with Crippen molar-refractivity contribution < 1.29 is 1770 Å². The van der Waals surface area contributed by atoms with E-state index in [2.05, 4.69) is 0 Å². The molecule has 0 atom stereocenters. The van der Waals surface area contributed by atoms with Crippen LogP contribution < -0.4 is 0 Å². The maximum absolute atomic E-state index is 0. The molecular weight excluding hydrogens is 13600 g/mol. The van der Waals surface area contributed by atoms with E-state index in [1.165, 1.54) is 0 Å². The molecule has 0 aromatic rings. The van der Waals surface area contributed by atoms with Crippen molar-refractivity contribution in [3.8, 4) is 0 Å². The van der Waals surface area contributed by atoms with Crippen LogP contribution in [0.2, 0.25) is 0 Å². The van der Waals surface area contributed by atoms with Crippen LogP contribution in [0.25, 0.3) is 0 Å². The van der Waals surface area contributed by atoms with Gasteiger partial charge >= 0.3 is 0 Å². The maximum atomic E-state index is 0. The van der Waals surface area contributed by atoms with Gasteiger partial charge in [-0.15, -0.1) is 0 Å². The monoisotopic (exact) mass is 13600 g/mol. The van der Waals surface area contributed by atoms with E-state index in [0.717, 1.165) is 0 Å². The van der Waals surface area contributed by atoms with Crippen molar-refractivity contribution in [1.82, 2.24) is 0 Å². The molecule has 0 N–H and O–H groups in total. The van der Waals surface area contributed by atoms with E-state index in [-0.39, 0.29) is 1770 Å². The Morgan fingerprint density at radius 1 is 0.0175 bits per heavy atom. The van der Waals surface area contributed by atoms with Crippen LogP contribution in [0.3, 0.4) is 0 Å². The van der Waals surface area contributed by atoms with Gasteiger partial charge in [-0.05, 0) is 0 Å². The van der Waals surface area contributed by atoms with Crippen LogP contribution in [-0.2, 0) is 0 Å². The molecule has 0 aliphatic carbocycles. The Balaban J connectivity index is 0. The zero-order chi connectivity index (χ0) is 0. The zero-order valence-electron chi connectivity index (χ0n) is 28.5. The molecule has 0 spiro atoms. The van der Waals surface area contributed by atoms with Gasteiger partial charge in [0, 0.05) is 1770 Å². The molecule has 0 aliphatic rings. The molecule has 228 valence electrons. The largest absolute Gasteiger partial charge is 0 e. The van der Waals surface area contributed by atoms with E-state index >= 15 is 0 Å². The smallest absolute Gasteiger partial charge is 0 e. The second-order valence-electron chi connectivity index (χ2n) is 0. The van der Waals surface area contributed by atoms with E-state index in [1.54, 1.807) is 0 Å². The number of hydrogen-bond acceptors (Lipinski definition) is 0. The maximum Gasteiger partial charge on any atom is 0 e. The molecule has 0 radical (unpaired) electrons. The van der Waals surface area contributed by atoms with Crippen molar-refractivity contribution in [2.24, 2.45) is 0 Å². The summed E-state index contributed by atoms with van der Waals surface area (Å²) in [6.07, 6.45) is 0. The minimum atomic E-state index is 0. The Bertz CT molecular complexity index is 0. The van der Waals surface area contributed by atoms with Crippen LogP contribution in [-0.4, -0.2) is 0 Å². The molecule has 57 heteroatoms. The Hall–Kier alpha value is 60.0. The quantitative estimate of drug-likeness (QED) is 0.321. The third kappa shape index (κ3) is 419. The van der Waals surface area contributed by atoms with Gasteiger partial charge in [0.15, 0.2) is 0 Å². The molecule has 0 rings (SSSR count). The first kappa shape index (κ1) is 437. The molecular formula is U57. The summed E-state index contributed by atoms with van der Waals surface area (Å²) in [4.78, 5) is 0. The fraction of sp³-hybridized carbons (Fsp3) is 0. The summed E-state index contributed by atoms with van der Waals surface area (Å²) in [6.45, 7) is 0. The van der Waals surface area contributed by atoms with Crippen LogP contribution in [0.15, 0.2) is 0 Å². The molecule has 0 saturated heterocycles. The average Bonchev–Trinajstić information content (AvgIpc) is 0. The van der Waals surface area contributed by atoms with E-state index in [9.17, 15) is 0 Å². The van der Waals surface area contributed by atoms with E-state index in [4.69, 9.17) is 0 Å². The van der Waals surface area contributed by atoms with Crippen molar-refractivity contribution >= 4 is 0 Å². The molecule has 0 heterocycles. The van der Waals surface area contributed by atoms with E-state index in [1.807, 2.05) is 0 Å². The molecule has 0 bridgehead atoms. The third-order valence-corrected chi connectivity index (χ3v) is 0. The first-order valence-corrected chi connectivity index (χ1v) is 0. The molecule has 0 aromatic carbocycles. The Labute approximate surface area is 1700 Å². The van der Waals surface area contributed by atoms with Gasteiger partial charge in [-0.3, -0.25) is 0 Å². The Morgan fingerprint density at radius 2 is 0.0175 bits per heavy atom. The molecule has 57 heavy (non-hydrogen) atoms. The van der Waals surface area contributed by atoms with E-state index in [0.29, 0.717) is 0 Å². The van der Waals surface area contributed by atoms with Gasteiger partial charge in [-0.2, -0.15) is 0 Å². The zero-order valence-corrected chi connectivity index (χ0v) is 266. The predicted octanol–water partition coefficient (Wildman–Crippen LogP) is 0. The van der Waals surface area contributed by atoms with Crippen molar-refractivity contribution in [2.75, 3.05) is 0 Å². The van der Waals surface area contributed by atoms with Crippen molar-refractivity contribution in [3.63, 3.8) is 0 Å². The third-order valence-electron chi connectivity index (χ3n) is 0. The second kappa shape index (κ2) is 426. The van der Waals surface area contributed by atoms with Crippen molar-refractivity contribution in [3.05, 3.63) is 0 Å². The van der Waals surface area contributed by atoms with Crippen LogP contribution >= 0.6 is 0 Å². The van der Waals surface area contributed by atoms with Gasteiger partial charge in [-0.25, -0.2) is 0 Å². The van der Waals surface area contributed by atoms with Crippen LogP contribution in [0, 0.1) is 1770 Å². The minimum absolute atomic E-state index is 0. The topological polar surface area (TPSA) is 0 Å². The first-order chi connectivity index (χ1) is 0. The van der Waals surface area contributed by atoms with Gasteiger partial charge in [-0.1, -0.05) is 0 Å². The summed E-state index contributed by atoms with van der Waals surface area (Å²) >= 11 is 0. The van der Waals surface area contributed by atoms with Crippen molar-refractivity contribution in [1.29, 1.82) is 0 Å². The minimum Gasteiger partial charge on any atom is 0 e. The summed E-state index contributed by atoms with van der Waals surface area (Å²) in [7, 11) is 0. The predicted molar refractivity (Wildman–Crippen MR) is 0 cm³/mol. The SMILES string of the molecule is [U].[U].[U].[U].[U].[U].[U].[U].[U].[U].[U].[U].[U].[U].[U].[U].[U].[U].[U].[U].[U].[U].[U].[U].[U].[U].[U].[U].[U].[U].[U].[U].[U].[U].[U].[U].[U].[U].[U].[U].[U].[U].[U].[U].[U].[U].[U].[U].[U].[U].[U].[U].[U].[U].[U].[U].[U]. The van der Waals surface area contributed by atoms with Crippen molar-refractivity contribution in [2.45, 2.75) is 0 Å². The molecule has 0 unspecified atom stereocenters. The molecule has 0 fully saturated rings. The van der Waals surface area contributed by atoms with Gasteiger partial charge in [0.1, 0.15) is 0 Å². The summed E-state index contributed by atoms with van der Waals surface area (Å²) in [5.41, 5.74) is 0. The first-order valence-electron chi connectivity index (χ1n) is 0. The summed E-state index contributed by atoms with van der Waals surface area (Å²) in [6, 6.07) is 0. The second-order valence-corrected chi connectivity index (χ2v) is 0. The summed E-state index contributed by atoms with van der Waals surface area (Å²) in [5.74, 6) is 0. The normalized spacial score (nSPS) is 0. The standard InChI is InChI=1S/57U. The fourth-order valence-electron chi connectivity index (χ4n) is 0. The van der Waals surface area contributed by atoms with E-state index < -0.39 is 0 Å². The molecule has 0 aliphatic heterocycles. The van der Waals surface area contributed by atoms with Gasteiger partial charge < -0.3 is 0 Å². The molecule has 0 saturated carbocycles. The Morgan fingerprint density at radius 3 is 0.0175 bits per heavy atom. The number of hydrogen-bond donors (Lipinski definition) is 0. The van der Waals surface area contributed by atoms with Crippen LogP contribution in [0.4, 0.5) is 0 Å². The summed E-state index contributed by atoms with van der Waals surface area (Å²) < 4.78 is 0. The van der Waals surface area contributed by atoms with Gasteiger partial charge in [0.25, 0.3) is 0 Å². The van der Waals surface area contributed by atoms with Crippen LogP contribution in [0.5, 0.6) is 0 Å². The average molecular weight is 13600 g/mol. The van der Waals surface area contributed by atoms with Crippen LogP contribution in [0.1, 0.15) is 0 Å². The molecule has 0 nitrogen and oxygen atoms in total. The summed E-state index contributed by atoms with van der Waals surface area (Å²) in [5, 5.41) is 0. The number of rotatable bonds is 0. The molecule has 0 amide bonds. The fourth-order valence-corrected chi connectivity index (χ4v) is 0.